The van der Waals surface area contributed by atoms with Crippen LogP contribution in [0.3, 0.4) is 0 Å². The Kier molecular flexibility index (Phi) is 4.11. The first-order chi connectivity index (χ1) is 9.24. The van der Waals surface area contributed by atoms with Gasteiger partial charge in [-0.15, -0.1) is 0 Å². The monoisotopic (exact) mass is 278 g/mol. The normalized spacial score (nSPS) is 23.5. The first-order valence-corrected chi connectivity index (χ1v) is 7.86. The molecule has 2 aliphatic rings. The number of hydrogen-bond acceptors (Lipinski definition) is 2. The Morgan fingerprint density at radius 1 is 1.16 bits per heavy atom. The second kappa shape index (κ2) is 5.82. The molecule has 0 aromatic heterocycles. The standard InChI is InChI=1S/C16H23ClN2/c1-12(15-4-2-3-5-16(15)17)18-13-8-10-19(11-9-13)14-6-7-14/h2-5,12-14,18H,6-11H2,1H3. The van der Waals surface area contributed by atoms with E-state index >= 15 is 0 Å². The lowest BCUT2D eigenvalue weighted by molar-refractivity contribution is 0.184. The van der Waals surface area contributed by atoms with Crippen LogP contribution in [-0.2, 0) is 0 Å². The van der Waals surface area contributed by atoms with E-state index in [-0.39, 0.29) is 0 Å². The van der Waals surface area contributed by atoms with E-state index in [4.69, 9.17) is 11.6 Å². The molecule has 1 heterocycles. The Morgan fingerprint density at radius 2 is 1.84 bits per heavy atom. The van der Waals surface area contributed by atoms with Crippen molar-refractivity contribution < 1.29 is 0 Å². The van der Waals surface area contributed by atoms with E-state index in [1.807, 2.05) is 12.1 Å². The maximum Gasteiger partial charge on any atom is 0.0453 e. The predicted molar refractivity (Wildman–Crippen MR) is 80.6 cm³/mol. The summed E-state index contributed by atoms with van der Waals surface area (Å²) in [7, 11) is 0. The molecule has 2 fully saturated rings. The SMILES string of the molecule is CC(NC1CCN(C2CC2)CC1)c1ccccc1Cl. The molecule has 1 saturated carbocycles. The zero-order chi connectivity index (χ0) is 13.2. The quantitative estimate of drug-likeness (QED) is 0.905. The minimum atomic E-state index is 0.339. The highest BCUT2D eigenvalue weighted by Gasteiger charge is 2.32. The summed E-state index contributed by atoms with van der Waals surface area (Å²) < 4.78 is 0. The lowest BCUT2D eigenvalue weighted by Gasteiger charge is -2.34. The Balaban J connectivity index is 1.52. The van der Waals surface area contributed by atoms with Crippen molar-refractivity contribution in [2.45, 2.75) is 50.7 Å². The van der Waals surface area contributed by atoms with Gasteiger partial charge in [-0.1, -0.05) is 29.8 Å². The van der Waals surface area contributed by atoms with Crippen LogP contribution in [0.5, 0.6) is 0 Å². The number of hydrogen-bond donors (Lipinski definition) is 1. The van der Waals surface area contributed by atoms with Crippen molar-refractivity contribution in [2.24, 2.45) is 0 Å². The van der Waals surface area contributed by atoms with Crippen LogP contribution in [0.1, 0.15) is 44.2 Å². The fourth-order valence-corrected chi connectivity index (χ4v) is 3.44. The van der Waals surface area contributed by atoms with E-state index in [1.165, 1.54) is 44.3 Å². The summed E-state index contributed by atoms with van der Waals surface area (Å²) in [6.07, 6.45) is 5.39. The van der Waals surface area contributed by atoms with Crippen LogP contribution < -0.4 is 5.32 Å². The molecule has 19 heavy (non-hydrogen) atoms. The number of likely N-dealkylation sites (tertiary alicyclic amines) is 1. The zero-order valence-electron chi connectivity index (χ0n) is 11.6. The van der Waals surface area contributed by atoms with Gasteiger partial charge in [-0.25, -0.2) is 0 Å². The molecule has 2 nitrogen and oxygen atoms in total. The molecule has 1 aliphatic carbocycles. The van der Waals surface area contributed by atoms with Gasteiger partial charge in [-0.3, -0.25) is 0 Å². The van der Waals surface area contributed by atoms with Gasteiger partial charge in [0.15, 0.2) is 0 Å². The number of rotatable bonds is 4. The van der Waals surface area contributed by atoms with Crippen molar-refractivity contribution in [1.82, 2.24) is 10.2 Å². The van der Waals surface area contributed by atoms with Crippen LogP contribution in [0, 0.1) is 0 Å². The number of benzene rings is 1. The summed E-state index contributed by atoms with van der Waals surface area (Å²) in [5, 5.41) is 4.62. The molecule has 0 amide bonds. The highest BCUT2D eigenvalue weighted by atomic mass is 35.5. The molecular formula is C16H23ClN2. The van der Waals surface area contributed by atoms with Crippen molar-refractivity contribution >= 4 is 11.6 Å². The van der Waals surface area contributed by atoms with Gasteiger partial charge in [-0.2, -0.15) is 0 Å². The van der Waals surface area contributed by atoms with E-state index in [1.54, 1.807) is 0 Å². The van der Waals surface area contributed by atoms with Crippen molar-refractivity contribution in [3.63, 3.8) is 0 Å². The van der Waals surface area contributed by atoms with Crippen LogP contribution in [0.4, 0.5) is 0 Å². The second-order valence-corrected chi connectivity index (χ2v) is 6.36. The van der Waals surface area contributed by atoms with E-state index in [0.29, 0.717) is 12.1 Å². The average molecular weight is 279 g/mol. The first-order valence-electron chi connectivity index (χ1n) is 7.48. The van der Waals surface area contributed by atoms with E-state index in [0.717, 1.165) is 11.1 Å². The Labute approximate surface area is 121 Å². The summed E-state index contributed by atoms with van der Waals surface area (Å²) in [4.78, 5) is 2.67. The number of piperidine rings is 1. The predicted octanol–water partition coefficient (Wildman–Crippen LogP) is 3.62. The Morgan fingerprint density at radius 3 is 2.47 bits per heavy atom. The van der Waals surface area contributed by atoms with Gasteiger partial charge in [0.1, 0.15) is 0 Å². The fraction of sp³-hybridized carbons (Fsp3) is 0.625. The minimum absolute atomic E-state index is 0.339. The van der Waals surface area contributed by atoms with Gasteiger partial charge in [-0.05, 0) is 57.3 Å². The van der Waals surface area contributed by atoms with Gasteiger partial charge in [0, 0.05) is 23.1 Å². The molecular weight excluding hydrogens is 256 g/mol. The van der Waals surface area contributed by atoms with E-state index in [2.05, 4.69) is 29.3 Å². The summed E-state index contributed by atoms with van der Waals surface area (Å²) in [6, 6.07) is 10.1. The molecule has 0 spiro atoms. The van der Waals surface area contributed by atoms with Crippen LogP contribution in [-0.4, -0.2) is 30.1 Å². The number of halogens is 1. The number of nitrogens with one attached hydrogen (secondary N) is 1. The second-order valence-electron chi connectivity index (χ2n) is 5.95. The highest BCUT2D eigenvalue weighted by Crippen LogP contribution is 2.30. The van der Waals surface area contributed by atoms with Crippen LogP contribution in [0.2, 0.25) is 5.02 Å². The molecule has 1 saturated heterocycles. The smallest absolute Gasteiger partial charge is 0.0453 e. The van der Waals surface area contributed by atoms with Gasteiger partial charge in [0.2, 0.25) is 0 Å². The van der Waals surface area contributed by atoms with Gasteiger partial charge in [0.25, 0.3) is 0 Å². The first kappa shape index (κ1) is 13.4. The molecule has 0 radical (unpaired) electrons. The molecule has 3 rings (SSSR count). The zero-order valence-corrected chi connectivity index (χ0v) is 12.4. The molecule has 1 aromatic rings. The van der Waals surface area contributed by atoms with Gasteiger partial charge in [0.05, 0.1) is 0 Å². The third-order valence-corrected chi connectivity index (χ3v) is 4.79. The lowest BCUT2D eigenvalue weighted by Crippen LogP contribution is -2.44. The topological polar surface area (TPSA) is 15.3 Å². The molecule has 1 aromatic carbocycles. The summed E-state index contributed by atoms with van der Waals surface area (Å²) in [5.41, 5.74) is 1.22. The molecule has 1 aliphatic heterocycles. The molecule has 1 atom stereocenters. The summed E-state index contributed by atoms with van der Waals surface area (Å²) in [6.45, 7) is 4.74. The molecule has 0 bridgehead atoms. The van der Waals surface area contributed by atoms with E-state index < -0.39 is 0 Å². The third-order valence-electron chi connectivity index (χ3n) is 4.45. The van der Waals surface area contributed by atoms with Gasteiger partial charge >= 0.3 is 0 Å². The molecule has 104 valence electrons. The van der Waals surface area contributed by atoms with Crippen molar-refractivity contribution in [1.29, 1.82) is 0 Å². The lowest BCUT2D eigenvalue weighted by atomic mass is 10.0. The molecule has 1 N–H and O–H groups in total. The Hall–Kier alpha value is -0.570. The van der Waals surface area contributed by atoms with Crippen molar-refractivity contribution in [3.8, 4) is 0 Å². The Bertz CT molecular complexity index is 423. The van der Waals surface area contributed by atoms with Crippen molar-refractivity contribution in [3.05, 3.63) is 34.9 Å². The summed E-state index contributed by atoms with van der Waals surface area (Å²) >= 11 is 6.26. The third kappa shape index (κ3) is 3.31. The molecule has 3 heteroatoms. The average Bonchev–Trinajstić information content (AvgIpc) is 3.24. The maximum absolute atomic E-state index is 6.26. The fourth-order valence-electron chi connectivity index (χ4n) is 3.14. The minimum Gasteiger partial charge on any atom is -0.307 e. The molecule has 1 unspecified atom stereocenters. The summed E-state index contributed by atoms with van der Waals surface area (Å²) in [5.74, 6) is 0. The van der Waals surface area contributed by atoms with Crippen LogP contribution in [0.15, 0.2) is 24.3 Å². The van der Waals surface area contributed by atoms with Crippen molar-refractivity contribution in [2.75, 3.05) is 13.1 Å². The van der Waals surface area contributed by atoms with Gasteiger partial charge < -0.3 is 10.2 Å². The van der Waals surface area contributed by atoms with E-state index in [9.17, 15) is 0 Å². The highest BCUT2D eigenvalue weighted by molar-refractivity contribution is 6.31. The largest absolute Gasteiger partial charge is 0.307 e. The van der Waals surface area contributed by atoms with Crippen LogP contribution in [0.25, 0.3) is 0 Å². The maximum atomic E-state index is 6.26. The van der Waals surface area contributed by atoms with Crippen LogP contribution >= 0.6 is 11.6 Å². The number of nitrogens with zero attached hydrogens (tertiary/aromatic N) is 1.